The van der Waals surface area contributed by atoms with Crippen molar-refractivity contribution in [2.45, 2.75) is 6.54 Å². The Kier molecular flexibility index (Phi) is 6.16. The van der Waals surface area contributed by atoms with Crippen LogP contribution in [0.25, 0.3) is 11.0 Å². The van der Waals surface area contributed by atoms with Gasteiger partial charge in [-0.3, -0.25) is 14.5 Å². The number of morpholine rings is 1. The lowest BCUT2D eigenvalue weighted by atomic mass is 10.1. The van der Waals surface area contributed by atoms with Gasteiger partial charge in [-0.2, -0.15) is 0 Å². The van der Waals surface area contributed by atoms with Crippen molar-refractivity contribution in [3.05, 3.63) is 76.2 Å². The van der Waals surface area contributed by atoms with E-state index in [0.717, 1.165) is 49.7 Å². The minimum atomic E-state index is -0.255. The van der Waals surface area contributed by atoms with Gasteiger partial charge >= 0.3 is 0 Å². The van der Waals surface area contributed by atoms with Crippen molar-refractivity contribution in [2.24, 2.45) is 0 Å². The molecule has 2 aromatic heterocycles. The highest BCUT2D eigenvalue weighted by molar-refractivity contribution is 7.12. The monoisotopic (exact) mass is 461 g/mol. The number of nitrogens with one attached hydrogen (secondary N) is 3. The Bertz CT molecular complexity index is 1280. The molecule has 0 spiro atoms. The molecule has 33 heavy (non-hydrogen) atoms. The van der Waals surface area contributed by atoms with Crippen molar-refractivity contribution in [3.63, 3.8) is 0 Å². The molecule has 3 heterocycles. The number of aromatic nitrogens is 2. The molecule has 0 aliphatic carbocycles. The Morgan fingerprint density at radius 3 is 2.64 bits per heavy atom. The number of ether oxygens (including phenoxy) is 1. The van der Waals surface area contributed by atoms with Gasteiger partial charge in [-0.15, -0.1) is 11.3 Å². The van der Waals surface area contributed by atoms with E-state index in [0.29, 0.717) is 21.8 Å². The number of H-pyrrole nitrogens is 1. The van der Waals surface area contributed by atoms with E-state index in [1.54, 1.807) is 30.3 Å². The van der Waals surface area contributed by atoms with Gasteiger partial charge in [-0.05, 0) is 47.8 Å². The quantitative estimate of drug-likeness (QED) is 0.404. The van der Waals surface area contributed by atoms with E-state index in [4.69, 9.17) is 4.74 Å². The van der Waals surface area contributed by atoms with E-state index in [9.17, 15) is 9.59 Å². The van der Waals surface area contributed by atoms with Crippen LogP contribution in [-0.4, -0.2) is 53.0 Å². The third-order valence-corrected chi connectivity index (χ3v) is 6.26. The summed E-state index contributed by atoms with van der Waals surface area (Å²) in [6, 6.07) is 16.1. The highest BCUT2D eigenvalue weighted by atomic mass is 32.1. The average molecular weight is 462 g/mol. The Balaban J connectivity index is 1.26. The number of hydrogen-bond donors (Lipinski definition) is 3. The molecule has 0 bridgehead atoms. The Labute approximate surface area is 194 Å². The summed E-state index contributed by atoms with van der Waals surface area (Å²) in [7, 11) is 0. The molecule has 1 fully saturated rings. The number of aromatic amines is 1. The van der Waals surface area contributed by atoms with Gasteiger partial charge in [-0.25, -0.2) is 4.98 Å². The highest BCUT2D eigenvalue weighted by Crippen LogP contribution is 2.20. The number of anilines is 2. The maximum atomic E-state index is 12.8. The maximum Gasteiger partial charge on any atom is 0.265 e. The van der Waals surface area contributed by atoms with Crippen molar-refractivity contribution >= 4 is 45.6 Å². The molecule has 0 radical (unpaired) electrons. The Hall–Kier alpha value is -3.53. The second kappa shape index (κ2) is 9.53. The summed E-state index contributed by atoms with van der Waals surface area (Å²) in [6.07, 6.45) is 0. The lowest BCUT2D eigenvalue weighted by Gasteiger charge is -2.25. The van der Waals surface area contributed by atoms with Crippen LogP contribution in [0.2, 0.25) is 0 Å². The zero-order valence-corrected chi connectivity index (χ0v) is 18.7. The molecule has 0 atom stereocenters. The predicted molar refractivity (Wildman–Crippen MR) is 129 cm³/mol. The minimum absolute atomic E-state index is 0.194. The first-order chi connectivity index (χ1) is 16.1. The van der Waals surface area contributed by atoms with Crippen LogP contribution in [0.1, 0.15) is 25.9 Å². The number of hydrogen-bond acceptors (Lipinski definition) is 6. The van der Waals surface area contributed by atoms with Gasteiger partial charge in [0.15, 0.2) is 0 Å². The van der Waals surface area contributed by atoms with Gasteiger partial charge in [0.25, 0.3) is 11.8 Å². The highest BCUT2D eigenvalue weighted by Gasteiger charge is 2.14. The first-order valence-electron chi connectivity index (χ1n) is 10.7. The number of imidazole rings is 1. The van der Waals surface area contributed by atoms with E-state index in [2.05, 4.69) is 25.5 Å². The number of rotatable bonds is 6. The summed E-state index contributed by atoms with van der Waals surface area (Å²) in [4.78, 5) is 36.0. The van der Waals surface area contributed by atoms with Crippen LogP contribution in [0.15, 0.2) is 60.0 Å². The molecule has 2 aromatic carbocycles. The smallest absolute Gasteiger partial charge is 0.265 e. The molecule has 0 unspecified atom stereocenters. The minimum Gasteiger partial charge on any atom is -0.379 e. The average Bonchev–Trinajstić information content (AvgIpc) is 3.50. The van der Waals surface area contributed by atoms with Crippen molar-refractivity contribution in [3.8, 4) is 0 Å². The molecular formula is C24H23N5O3S. The molecule has 1 aliphatic rings. The Morgan fingerprint density at radius 1 is 1.00 bits per heavy atom. The molecule has 3 N–H and O–H groups in total. The van der Waals surface area contributed by atoms with Gasteiger partial charge in [-0.1, -0.05) is 12.1 Å². The molecule has 4 aromatic rings. The van der Waals surface area contributed by atoms with Crippen molar-refractivity contribution in [1.29, 1.82) is 0 Å². The van der Waals surface area contributed by atoms with E-state index < -0.39 is 0 Å². The first-order valence-corrected chi connectivity index (χ1v) is 11.6. The van der Waals surface area contributed by atoms with Crippen LogP contribution in [-0.2, 0) is 11.3 Å². The van der Waals surface area contributed by atoms with Gasteiger partial charge in [0.05, 0.1) is 35.7 Å². The third kappa shape index (κ3) is 5.11. The summed E-state index contributed by atoms with van der Waals surface area (Å²) in [5.74, 6) is 0.444. The Morgan fingerprint density at radius 2 is 1.82 bits per heavy atom. The molecular weight excluding hydrogens is 438 g/mol. The van der Waals surface area contributed by atoms with E-state index in [1.165, 1.54) is 11.3 Å². The number of carbonyl (C=O) groups is 2. The van der Waals surface area contributed by atoms with Crippen LogP contribution < -0.4 is 10.6 Å². The maximum absolute atomic E-state index is 12.8. The van der Waals surface area contributed by atoms with E-state index in [1.807, 2.05) is 29.6 Å². The summed E-state index contributed by atoms with van der Waals surface area (Å²) < 4.78 is 5.40. The van der Waals surface area contributed by atoms with Crippen molar-refractivity contribution in [2.75, 3.05) is 36.9 Å². The molecule has 5 rings (SSSR count). The normalized spacial score (nSPS) is 14.3. The molecule has 2 amide bonds. The van der Waals surface area contributed by atoms with Crippen LogP contribution in [0.3, 0.4) is 0 Å². The fourth-order valence-corrected chi connectivity index (χ4v) is 4.35. The van der Waals surface area contributed by atoms with Gasteiger partial charge in [0.2, 0.25) is 0 Å². The number of amides is 2. The molecule has 1 saturated heterocycles. The molecule has 8 nitrogen and oxygen atoms in total. The number of fused-ring (bicyclic) bond motifs is 1. The van der Waals surface area contributed by atoms with E-state index >= 15 is 0 Å². The topological polar surface area (TPSA) is 99.3 Å². The lowest BCUT2D eigenvalue weighted by Crippen LogP contribution is -2.35. The molecule has 168 valence electrons. The number of nitrogens with zero attached hydrogens (tertiary/aromatic N) is 2. The first kappa shape index (κ1) is 21.3. The third-order valence-electron chi connectivity index (χ3n) is 5.39. The van der Waals surface area contributed by atoms with Gasteiger partial charge < -0.3 is 20.4 Å². The zero-order valence-electron chi connectivity index (χ0n) is 17.8. The lowest BCUT2D eigenvalue weighted by molar-refractivity contribution is 0.0332. The van der Waals surface area contributed by atoms with Gasteiger partial charge in [0.1, 0.15) is 5.82 Å². The van der Waals surface area contributed by atoms with Crippen LogP contribution in [0, 0.1) is 0 Å². The number of benzene rings is 2. The summed E-state index contributed by atoms with van der Waals surface area (Å²) in [6.45, 7) is 4.02. The van der Waals surface area contributed by atoms with Crippen LogP contribution >= 0.6 is 11.3 Å². The fourth-order valence-electron chi connectivity index (χ4n) is 3.73. The summed E-state index contributed by atoms with van der Waals surface area (Å²) in [5, 5.41) is 7.60. The predicted octanol–water partition coefficient (Wildman–Crippen LogP) is 3.96. The molecule has 1 aliphatic heterocycles. The van der Waals surface area contributed by atoms with Crippen molar-refractivity contribution in [1.82, 2.24) is 14.9 Å². The van der Waals surface area contributed by atoms with Crippen molar-refractivity contribution < 1.29 is 14.3 Å². The SMILES string of the molecule is O=C(Nc1ccc2nc(CN3CCOCC3)[nH]c2c1)c1cccc(NC(=O)c2cccs2)c1. The van der Waals surface area contributed by atoms with Crippen LogP contribution in [0.4, 0.5) is 11.4 Å². The number of thiophene rings is 1. The number of carbonyl (C=O) groups excluding carboxylic acids is 2. The summed E-state index contributed by atoms with van der Waals surface area (Å²) in [5.41, 5.74) is 3.42. The zero-order chi connectivity index (χ0) is 22.6. The van der Waals surface area contributed by atoms with Crippen LogP contribution in [0.5, 0.6) is 0 Å². The second-order valence-corrected chi connectivity index (χ2v) is 8.72. The second-order valence-electron chi connectivity index (χ2n) is 7.77. The molecule has 0 saturated carbocycles. The van der Waals surface area contributed by atoms with E-state index in [-0.39, 0.29) is 11.8 Å². The largest absolute Gasteiger partial charge is 0.379 e. The van der Waals surface area contributed by atoms with Gasteiger partial charge in [0, 0.05) is 30.0 Å². The fraction of sp³-hybridized carbons (Fsp3) is 0.208. The standard InChI is InChI=1S/C24H23N5O3S/c30-23(16-3-1-4-17(13-16)26-24(31)21-5-2-12-33-21)25-18-6-7-19-20(14-18)28-22(27-19)15-29-8-10-32-11-9-29/h1-7,12-14H,8-11,15H2,(H,25,30)(H,26,31)(H,27,28). The molecule has 9 heteroatoms. The summed E-state index contributed by atoms with van der Waals surface area (Å²) >= 11 is 1.37.